The standard InChI is InChI=1S/C13H30NO3Si.C2F6NO4S2/c1-5-9-14(10-6-7-11-14)12-8-13-18(15-2,16-3)17-4;3-1(4,5)14(10,11)9-15(12,13)2(6,7)8/h5-13H2,1-4H3;/q+1;-1. The number of alkyl halides is 6. The van der Waals surface area contributed by atoms with Crippen LogP contribution in [0.15, 0.2) is 0 Å². The van der Waals surface area contributed by atoms with Crippen molar-refractivity contribution in [2.24, 2.45) is 0 Å². The first kappa shape index (κ1) is 32.5. The highest BCUT2D eigenvalue weighted by molar-refractivity contribution is 8.13. The Balaban J connectivity index is 0.000000633. The Kier molecular flexibility index (Phi) is 12.3. The molecule has 0 N–H and O–H groups in total. The van der Waals surface area contributed by atoms with Crippen molar-refractivity contribution < 1.29 is 60.9 Å². The predicted octanol–water partition coefficient (Wildman–Crippen LogP) is 3.33. The molecule has 1 saturated heterocycles. The molecule has 0 spiro atoms. The van der Waals surface area contributed by atoms with Gasteiger partial charge in [-0.15, -0.1) is 0 Å². The number of likely N-dealkylation sites (tertiary alicyclic amines) is 1. The summed E-state index contributed by atoms with van der Waals surface area (Å²) in [7, 11) is -10.7. The third-order valence-corrected chi connectivity index (χ3v) is 10.6. The summed E-state index contributed by atoms with van der Waals surface area (Å²) in [5.74, 6) is 0. The van der Waals surface area contributed by atoms with E-state index in [4.69, 9.17) is 13.3 Å². The smallest absolute Gasteiger partial charge is 0.421 e. The number of quaternary nitrogens is 1. The molecule has 0 bridgehead atoms. The second-order valence-corrected chi connectivity index (χ2v) is 13.8. The summed E-state index contributed by atoms with van der Waals surface area (Å²) in [6.45, 7) is 7.57. The third-order valence-electron chi connectivity index (χ3n) is 5.04. The van der Waals surface area contributed by atoms with Crippen molar-refractivity contribution in [3.05, 3.63) is 4.13 Å². The molecule has 0 atom stereocenters. The molecule has 9 nitrogen and oxygen atoms in total. The largest absolute Gasteiger partial charge is 0.500 e. The number of sulfonamides is 2. The zero-order valence-electron chi connectivity index (χ0n) is 18.7. The Morgan fingerprint density at radius 2 is 1.21 bits per heavy atom. The quantitative estimate of drug-likeness (QED) is 0.218. The van der Waals surface area contributed by atoms with E-state index in [0.29, 0.717) is 0 Å². The van der Waals surface area contributed by atoms with Crippen LogP contribution >= 0.6 is 0 Å². The van der Waals surface area contributed by atoms with Gasteiger partial charge in [-0.2, -0.15) is 26.3 Å². The molecule has 1 rings (SSSR count). The minimum atomic E-state index is -6.72. The predicted molar refractivity (Wildman–Crippen MR) is 109 cm³/mol. The van der Waals surface area contributed by atoms with Gasteiger partial charge in [0.15, 0.2) is 20.0 Å². The fraction of sp³-hybridized carbons (Fsp3) is 1.00. The molecule has 0 radical (unpaired) electrons. The van der Waals surface area contributed by atoms with Crippen molar-refractivity contribution in [2.75, 3.05) is 47.5 Å². The van der Waals surface area contributed by atoms with Gasteiger partial charge in [-0.1, -0.05) is 6.92 Å². The summed E-state index contributed by atoms with van der Waals surface area (Å²) < 4.78 is 127. The van der Waals surface area contributed by atoms with Gasteiger partial charge < -0.3 is 21.9 Å². The van der Waals surface area contributed by atoms with E-state index in [9.17, 15) is 43.2 Å². The second-order valence-electron chi connectivity index (χ2n) is 7.26. The van der Waals surface area contributed by atoms with Crippen LogP contribution in [0.5, 0.6) is 0 Å². The van der Waals surface area contributed by atoms with Crippen molar-refractivity contribution in [1.29, 1.82) is 0 Å². The number of hydrogen-bond donors (Lipinski definition) is 0. The minimum absolute atomic E-state index is 0.778. The Labute approximate surface area is 191 Å². The van der Waals surface area contributed by atoms with E-state index in [0.717, 1.165) is 16.6 Å². The third kappa shape index (κ3) is 9.58. The number of hydrogen-bond acceptors (Lipinski definition) is 7. The van der Waals surface area contributed by atoms with Crippen molar-refractivity contribution in [3.8, 4) is 0 Å². The second kappa shape index (κ2) is 12.5. The number of rotatable bonds is 11. The van der Waals surface area contributed by atoms with Crippen LogP contribution in [0, 0.1) is 0 Å². The molecule has 0 aromatic rings. The van der Waals surface area contributed by atoms with Gasteiger partial charge in [0.25, 0.3) is 0 Å². The number of nitrogens with zero attached hydrogens (tertiary/aromatic N) is 2. The fourth-order valence-electron chi connectivity index (χ4n) is 3.44. The van der Waals surface area contributed by atoms with Gasteiger partial charge in [-0.25, -0.2) is 16.8 Å². The first-order valence-electron chi connectivity index (χ1n) is 9.74. The molecule has 0 aromatic carbocycles. The molecule has 0 aliphatic carbocycles. The zero-order chi connectivity index (χ0) is 26.2. The van der Waals surface area contributed by atoms with Crippen molar-refractivity contribution >= 4 is 28.9 Å². The fourth-order valence-corrected chi connectivity index (χ4v) is 6.85. The highest BCUT2D eigenvalue weighted by Crippen LogP contribution is 2.36. The minimum Gasteiger partial charge on any atom is -0.421 e. The highest BCUT2D eigenvalue weighted by Gasteiger charge is 2.47. The van der Waals surface area contributed by atoms with E-state index in [1.165, 1.54) is 49.9 Å². The van der Waals surface area contributed by atoms with Crippen molar-refractivity contribution in [2.45, 2.75) is 49.7 Å². The lowest BCUT2D eigenvalue weighted by Crippen LogP contribution is -2.48. The summed E-state index contributed by atoms with van der Waals surface area (Å²) >= 11 is 0. The molecule has 0 aromatic heterocycles. The lowest BCUT2D eigenvalue weighted by Gasteiger charge is -2.35. The Morgan fingerprint density at radius 1 is 0.818 bits per heavy atom. The molecule has 1 aliphatic heterocycles. The highest BCUT2D eigenvalue weighted by atomic mass is 32.3. The molecule has 1 aliphatic rings. The maximum atomic E-state index is 11.4. The van der Waals surface area contributed by atoms with Gasteiger partial charge in [0.05, 0.1) is 26.2 Å². The average Bonchev–Trinajstić information content (AvgIpc) is 3.12. The van der Waals surface area contributed by atoms with E-state index >= 15 is 0 Å². The molecular formula is C15H30F6N2O7S2Si. The van der Waals surface area contributed by atoms with Crippen LogP contribution in [-0.2, 0) is 33.3 Å². The Bertz CT molecular complexity index is 746. The molecule has 0 amide bonds. The van der Waals surface area contributed by atoms with Crippen LogP contribution in [0.3, 0.4) is 0 Å². The summed E-state index contributed by atoms with van der Waals surface area (Å²) in [4.78, 5) is 0. The van der Waals surface area contributed by atoms with Gasteiger partial charge >= 0.3 is 19.8 Å². The average molecular weight is 557 g/mol. The van der Waals surface area contributed by atoms with E-state index in [-0.39, 0.29) is 0 Å². The maximum Gasteiger partial charge on any atom is 0.500 e. The molecular weight excluding hydrogens is 526 g/mol. The van der Waals surface area contributed by atoms with Crippen LogP contribution in [0.4, 0.5) is 26.3 Å². The molecule has 0 saturated carbocycles. The normalized spacial score (nSPS) is 17.5. The first-order chi connectivity index (χ1) is 14.9. The summed E-state index contributed by atoms with van der Waals surface area (Å²) in [6, 6.07) is 0.931. The van der Waals surface area contributed by atoms with Crippen molar-refractivity contribution in [3.63, 3.8) is 0 Å². The monoisotopic (exact) mass is 556 g/mol. The van der Waals surface area contributed by atoms with Crippen LogP contribution in [-0.4, -0.2) is 88.6 Å². The van der Waals surface area contributed by atoms with Crippen LogP contribution in [0.2, 0.25) is 6.04 Å². The molecule has 1 heterocycles. The van der Waals surface area contributed by atoms with E-state index in [1.54, 1.807) is 21.3 Å². The van der Waals surface area contributed by atoms with E-state index < -0.39 is 39.9 Å². The summed E-state index contributed by atoms with van der Waals surface area (Å²) in [5.41, 5.74) is -12.4. The molecule has 33 heavy (non-hydrogen) atoms. The van der Waals surface area contributed by atoms with Gasteiger partial charge in [0, 0.05) is 46.6 Å². The Morgan fingerprint density at radius 3 is 1.52 bits per heavy atom. The topological polar surface area (TPSA) is 110 Å². The van der Waals surface area contributed by atoms with Gasteiger partial charge in [0.2, 0.25) is 0 Å². The van der Waals surface area contributed by atoms with Gasteiger partial charge in [-0.3, -0.25) is 0 Å². The summed E-state index contributed by atoms with van der Waals surface area (Å²) in [5, 5.41) is 0. The SMILES string of the molecule is CCC[N+]1(CCC[Si](OC)(OC)OC)CCCC1.O=S(=O)([N-]S(=O)(=O)C(F)(F)F)C(F)(F)F. The van der Waals surface area contributed by atoms with Crippen LogP contribution < -0.4 is 0 Å². The van der Waals surface area contributed by atoms with E-state index in [2.05, 4.69) is 6.92 Å². The summed E-state index contributed by atoms with van der Waals surface area (Å²) in [6.07, 6.45) is 5.20. The van der Waals surface area contributed by atoms with Crippen molar-refractivity contribution in [1.82, 2.24) is 0 Å². The van der Waals surface area contributed by atoms with Crippen LogP contribution in [0.1, 0.15) is 32.6 Å². The van der Waals surface area contributed by atoms with Gasteiger partial charge in [0.1, 0.15) is 0 Å². The molecule has 0 unspecified atom stereocenters. The van der Waals surface area contributed by atoms with Gasteiger partial charge in [-0.05, 0) is 6.42 Å². The van der Waals surface area contributed by atoms with E-state index in [1.807, 2.05) is 0 Å². The molecule has 1 fully saturated rings. The van der Waals surface area contributed by atoms with Crippen LogP contribution in [0.25, 0.3) is 4.13 Å². The number of halogens is 6. The first-order valence-corrected chi connectivity index (χ1v) is 14.5. The molecule has 18 heteroatoms. The molecule has 200 valence electrons. The lowest BCUT2D eigenvalue weighted by molar-refractivity contribution is -0.916. The zero-order valence-corrected chi connectivity index (χ0v) is 21.3. The maximum absolute atomic E-state index is 11.4. The Hall–Kier alpha value is -0.503. The lowest BCUT2D eigenvalue weighted by atomic mass is 10.3.